The van der Waals surface area contributed by atoms with E-state index in [1.54, 1.807) is 0 Å². The van der Waals surface area contributed by atoms with Crippen molar-refractivity contribution in [3.63, 3.8) is 0 Å². The van der Waals surface area contributed by atoms with E-state index in [0.29, 0.717) is 12.8 Å². The molecule has 0 unspecified atom stereocenters. The molecule has 0 bridgehead atoms. The van der Waals surface area contributed by atoms with Gasteiger partial charge in [0.1, 0.15) is 5.82 Å². The highest BCUT2D eigenvalue weighted by molar-refractivity contribution is 5.42. The molecule has 0 aliphatic heterocycles. The minimum atomic E-state index is -0.924. The van der Waals surface area contributed by atoms with Crippen molar-refractivity contribution < 1.29 is 14.4 Å². The summed E-state index contributed by atoms with van der Waals surface area (Å²) in [5.41, 5.74) is -1.18. The lowest BCUT2D eigenvalue weighted by Gasteiger charge is -2.08. The van der Waals surface area contributed by atoms with Crippen molar-refractivity contribution in [3.05, 3.63) is 39.7 Å². The van der Waals surface area contributed by atoms with Crippen molar-refractivity contribution in [3.8, 4) is 0 Å². The van der Waals surface area contributed by atoms with Gasteiger partial charge in [-0.2, -0.15) is 0 Å². The Morgan fingerprint density at radius 3 is 2.73 bits per heavy atom. The van der Waals surface area contributed by atoms with E-state index >= 15 is 0 Å². The lowest BCUT2D eigenvalue weighted by molar-refractivity contribution is -0.385. The quantitative estimate of drug-likeness (QED) is 0.612. The molecular weight excluding hydrogens is 201 g/mol. The molecule has 4 nitrogen and oxygen atoms in total. The summed E-state index contributed by atoms with van der Waals surface area (Å²) in [5.74, 6) is -0.621. The Hall–Kier alpha value is -1.49. The molecular formula is C10H10FNO3. The molecule has 0 atom stereocenters. The second kappa shape index (κ2) is 3.27. The van der Waals surface area contributed by atoms with Crippen LogP contribution in [-0.2, 0) is 6.42 Å². The Kier molecular flexibility index (Phi) is 2.19. The van der Waals surface area contributed by atoms with Crippen molar-refractivity contribution >= 4 is 5.69 Å². The maximum atomic E-state index is 13.4. The maximum absolute atomic E-state index is 13.4. The monoisotopic (exact) mass is 211 g/mol. The minimum Gasteiger partial charge on any atom is -0.390 e. The smallest absolute Gasteiger partial charge is 0.275 e. The van der Waals surface area contributed by atoms with Gasteiger partial charge in [-0.05, 0) is 18.9 Å². The normalized spacial score (nSPS) is 17.5. The first-order valence-corrected chi connectivity index (χ1v) is 4.66. The number of hydrogen-bond donors (Lipinski definition) is 1. The van der Waals surface area contributed by atoms with Crippen LogP contribution in [0.2, 0.25) is 0 Å². The summed E-state index contributed by atoms with van der Waals surface area (Å²) in [6.07, 6.45) is 1.19. The first-order valence-electron chi connectivity index (χ1n) is 4.66. The maximum Gasteiger partial charge on any atom is 0.275 e. The molecule has 15 heavy (non-hydrogen) atoms. The average Bonchev–Trinajstić information content (AvgIpc) is 2.87. The van der Waals surface area contributed by atoms with E-state index in [-0.39, 0.29) is 17.7 Å². The van der Waals surface area contributed by atoms with Gasteiger partial charge in [0.05, 0.1) is 16.1 Å². The summed E-state index contributed by atoms with van der Waals surface area (Å²) in [7, 11) is 0. The largest absolute Gasteiger partial charge is 0.390 e. The van der Waals surface area contributed by atoms with Crippen molar-refractivity contribution in [2.24, 2.45) is 0 Å². The molecule has 0 heterocycles. The van der Waals surface area contributed by atoms with Gasteiger partial charge < -0.3 is 5.11 Å². The number of nitro benzene ring substituents is 1. The number of nitro groups is 1. The van der Waals surface area contributed by atoms with Gasteiger partial charge in [-0.25, -0.2) is 4.39 Å². The Morgan fingerprint density at radius 2 is 2.20 bits per heavy atom. The van der Waals surface area contributed by atoms with Gasteiger partial charge >= 0.3 is 0 Å². The van der Waals surface area contributed by atoms with Crippen LogP contribution in [0.3, 0.4) is 0 Å². The van der Waals surface area contributed by atoms with Gasteiger partial charge in [-0.1, -0.05) is 6.07 Å². The lowest BCUT2D eigenvalue weighted by Crippen LogP contribution is -2.13. The highest BCUT2D eigenvalue weighted by Crippen LogP contribution is 2.40. The Morgan fingerprint density at radius 1 is 1.53 bits per heavy atom. The summed E-state index contributed by atoms with van der Waals surface area (Å²) >= 11 is 0. The predicted octanol–water partition coefficient (Wildman–Crippen LogP) is 1.80. The average molecular weight is 211 g/mol. The predicted molar refractivity (Wildman–Crippen MR) is 50.9 cm³/mol. The zero-order valence-electron chi connectivity index (χ0n) is 7.94. The van der Waals surface area contributed by atoms with E-state index in [2.05, 4.69) is 0 Å². The molecule has 1 aliphatic rings. The fourth-order valence-electron chi connectivity index (χ4n) is 1.54. The van der Waals surface area contributed by atoms with Crippen LogP contribution in [0, 0.1) is 15.9 Å². The molecule has 1 aromatic rings. The van der Waals surface area contributed by atoms with Crippen molar-refractivity contribution in [2.45, 2.75) is 24.9 Å². The molecule has 1 saturated carbocycles. The van der Waals surface area contributed by atoms with Gasteiger partial charge in [0.15, 0.2) is 0 Å². The SMILES string of the molecule is O=[N+]([O-])c1cccc(F)c1CC1(O)CC1. The first kappa shape index (κ1) is 10.0. The standard InChI is InChI=1S/C10H10FNO3/c11-8-2-1-3-9(12(14)15)7(8)6-10(13)4-5-10/h1-3,13H,4-6H2. The minimum absolute atomic E-state index is 0.00231. The molecule has 0 saturated heterocycles. The van der Waals surface area contributed by atoms with Crippen LogP contribution in [0.1, 0.15) is 18.4 Å². The second-order valence-electron chi connectivity index (χ2n) is 3.90. The van der Waals surface area contributed by atoms with Gasteiger partial charge in [0.25, 0.3) is 5.69 Å². The second-order valence-corrected chi connectivity index (χ2v) is 3.90. The number of halogens is 1. The lowest BCUT2D eigenvalue weighted by atomic mass is 10.0. The van der Waals surface area contributed by atoms with Gasteiger partial charge in [-0.15, -0.1) is 0 Å². The molecule has 1 aliphatic carbocycles. The van der Waals surface area contributed by atoms with E-state index in [1.165, 1.54) is 18.2 Å². The molecule has 1 N–H and O–H groups in total. The molecule has 0 spiro atoms. The molecule has 1 aromatic carbocycles. The summed E-state index contributed by atoms with van der Waals surface area (Å²) in [5, 5.41) is 20.3. The number of aliphatic hydroxyl groups is 1. The summed E-state index contributed by atoms with van der Waals surface area (Å²) in [6, 6.07) is 3.73. The Bertz CT molecular complexity index is 415. The van der Waals surface area contributed by atoms with Crippen LogP contribution >= 0.6 is 0 Å². The number of benzene rings is 1. The number of rotatable bonds is 3. The van der Waals surface area contributed by atoms with Crippen LogP contribution in [-0.4, -0.2) is 15.6 Å². The van der Waals surface area contributed by atoms with Gasteiger partial charge in [0.2, 0.25) is 0 Å². The highest BCUT2D eigenvalue weighted by atomic mass is 19.1. The van der Waals surface area contributed by atoms with E-state index in [4.69, 9.17) is 0 Å². The van der Waals surface area contributed by atoms with E-state index in [9.17, 15) is 19.6 Å². The van der Waals surface area contributed by atoms with Gasteiger partial charge in [0, 0.05) is 12.5 Å². The fourth-order valence-corrected chi connectivity index (χ4v) is 1.54. The molecule has 0 amide bonds. The number of nitrogens with zero attached hydrogens (tertiary/aromatic N) is 1. The molecule has 5 heteroatoms. The molecule has 1 fully saturated rings. The van der Waals surface area contributed by atoms with Crippen molar-refractivity contribution in [2.75, 3.05) is 0 Å². The fraction of sp³-hybridized carbons (Fsp3) is 0.400. The van der Waals surface area contributed by atoms with E-state index in [0.717, 1.165) is 0 Å². The zero-order valence-corrected chi connectivity index (χ0v) is 7.94. The van der Waals surface area contributed by atoms with Crippen LogP contribution in [0.4, 0.5) is 10.1 Å². The van der Waals surface area contributed by atoms with Crippen molar-refractivity contribution in [1.29, 1.82) is 0 Å². The summed E-state index contributed by atoms with van der Waals surface area (Å²) in [6.45, 7) is 0. The molecule has 2 rings (SSSR count). The van der Waals surface area contributed by atoms with Crippen molar-refractivity contribution in [1.82, 2.24) is 0 Å². The Balaban J connectivity index is 2.38. The van der Waals surface area contributed by atoms with Crippen LogP contribution in [0.15, 0.2) is 18.2 Å². The van der Waals surface area contributed by atoms with Crippen LogP contribution in [0.25, 0.3) is 0 Å². The summed E-state index contributed by atoms with van der Waals surface area (Å²) < 4.78 is 13.4. The molecule has 0 aromatic heterocycles. The third-order valence-electron chi connectivity index (χ3n) is 2.62. The molecule has 0 radical (unpaired) electrons. The van der Waals surface area contributed by atoms with Gasteiger partial charge in [-0.3, -0.25) is 10.1 Å². The van der Waals surface area contributed by atoms with Crippen LogP contribution in [0.5, 0.6) is 0 Å². The van der Waals surface area contributed by atoms with E-state index < -0.39 is 16.3 Å². The van der Waals surface area contributed by atoms with E-state index in [1.807, 2.05) is 0 Å². The number of hydrogen-bond acceptors (Lipinski definition) is 3. The Labute approximate surface area is 85.5 Å². The van der Waals surface area contributed by atoms with Crippen LogP contribution < -0.4 is 0 Å². The highest BCUT2D eigenvalue weighted by Gasteiger charge is 2.42. The topological polar surface area (TPSA) is 63.4 Å². The third-order valence-corrected chi connectivity index (χ3v) is 2.62. The molecule has 80 valence electrons. The first-order chi connectivity index (χ1) is 7.02. The summed E-state index contributed by atoms with van der Waals surface area (Å²) in [4.78, 5) is 10.0. The third kappa shape index (κ3) is 1.97. The zero-order chi connectivity index (χ0) is 11.1.